The van der Waals surface area contributed by atoms with E-state index in [0.717, 1.165) is 19.4 Å². The van der Waals surface area contributed by atoms with E-state index in [-0.39, 0.29) is 12.4 Å². The number of nitrogens with zero attached hydrogens (tertiary/aromatic N) is 1. The van der Waals surface area contributed by atoms with Crippen LogP contribution in [0, 0.1) is 5.92 Å². The van der Waals surface area contributed by atoms with Crippen LogP contribution in [-0.2, 0) is 11.2 Å². The van der Waals surface area contributed by atoms with Crippen LogP contribution in [0.4, 0.5) is 0 Å². The van der Waals surface area contributed by atoms with Crippen molar-refractivity contribution < 1.29 is 4.79 Å². The van der Waals surface area contributed by atoms with Gasteiger partial charge in [-0.25, -0.2) is 0 Å². The molecular weight excluding hydrogens is 296 g/mol. The molecule has 0 aromatic heterocycles. The monoisotopic (exact) mass is 322 g/mol. The third-order valence-electron chi connectivity index (χ3n) is 5.04. The van der Waals surface area contributed by atoms with Crippen LogP contribution in [0.25, 0.3) is 0 Å². The van der Waals surface area contributed by atoms with Crippen LogP contribution < -0.4 is 5.32 Å². The molecule has 2 bridgehead atoms. The molecule has 2 fully saturated rings. The molecule has 122 valence electrons. The van der Waals surface area contributed by atoms with E-state index in [9.17, 15) is 4.79 Å². The summed E-state index contributed by atoms with van der Waals surface area (Å²) in [6.45, 7) is 0.820. The second-order valence-electron chi connectivity index (χ2n) is 6.73. The minimum absolute atomic E-state index is 0. The molecule has 2 aliphatic rings. The highest BCUT2D eigenvalue weighted by atomic mass is 35.5. The van der Waals surface area contributed by atoms with Gasteiger partial charge in [0.1, 0.15) is 0 Å². The maximum Gasteiger partial charge on any atom is 0.222 e. The summed E-state index contributed by atoms with van der Waals surface area (Å²) in [5.74, 6) is 0.910. The Morgan fingerprint density at radius 1 is 1.18 bits per heavy atom. The van der Waals surface area contributed by atoms with Crippen molar-refractivity contribution in [2.45, 2.75) is 50.6 Å². The highest BCUT2D eigenvalue weighted by Gasteiger charge is 2.34. The predicted octanol–water partition coefficient (Wildman–Crippen LogP) is 3.03. The fourth-order valence-electron chi connectivity index (χ4n) is 3.81. The van der Waals surface area contributed by atoms with Gasteiger partial charge in [0, 0.05) is 32.1 Å². The second kappa shape index (κ2) is 7.98. The molecule has 22 heavy (non-hydrogen) atoms. The number of likely N-dealkylation sites (N-methyl/N-ethyl adjacent to an activating group) is 1. The largest absolute Gasteiger partial charge is 0.345 e. The van der Waals surface area contributed by atoms with Crippen LogP contribution in [0.3, 0.4) is 0 Å². The third-order valence-corrected chi connectivity index (χ3v) is 5.04. The number of carbonyl (C=O) groups excluding carboxylic acids is 1. The normalized spacial score (nSPS) is 26.3. The molecule has 2 heterocycles. The lowest BCUT2D eigenvalue weighted by molar-refractivity contribution is -0.131. The number of piperidine rings is 1. The number of nitrogens with one attached hydrogen (secondary N) is 1. The smallest absolute Gasteiger partial charge is 0.222 e. The lowest BCUT2D eigenvalue weighted by Crippen LogP contribution is -2.40. The summed E-state index contributed by atoms with van der Waals surface area (Å²) in [5.41, 5.74) is 1.30. The van der Waals surface area contributed by atoms with Crippen molar-refractivity contribution in [1.29, 1.82) is 0 Å². The average molecular weight is 323 g/mol. The van der Waals surface area contributed by atoms with Crippen molar-refractivity contribution >= 4 is 18.3 Å². The molecule has 2 atom stereocenters. The zero-order valence-electron chi connectivity index (χ0n) is 13.3. The number of halogens is 1. The summed E-state index contributed by atoms with van der Waals surface area (Å²) < 4.78 is 0. The molecule has 2 unspecified atom stereocenters. The SMILES string of the molecule is CN(CCc1ccccc1)C(=O)CC1CC2CCC(C1)N2.Cl. The molecule has 4 heteroatoms. The highest BCUT2D eigenvalue weighted by molar-refractivity contribution is 5.85. The van der Waals surface area contributed by atoms with E-state index in [1.165, 1.54) is 31.2 Å². The quantitative estimate of drug-likeness (QED) is 0.903. The van der Waals surface area contributed by atoms with E-state index in [1.807, 2.05) is 18.0 Å². The van der Waals surface area contributed by atoms with Crippen LogP contribution >= 0.6 is 12.4 Å². The molecule has 1 aromatic carbocycles. The number of rotatable bonds is 5. The molecule has 3 rings (SSSR count). The van der Waals surface area contributed by atoms with E-state index in [4.69, 9.17) is 0 Å². The van der Waals surface area contributed by atoms with E-state index in [0.29, 0.717) is 23.9 Å². The van der Waals surface area contributed by atoms with Crippen molar-refractivity contribution in [2.24, 2.45) is 5.92 Å². The number of hydrogen-bond donors (Lipinski definition) is 1. The van der Waals surface area contributed by atoms with Gasteiger partial charge < -0.3 is 10.2 Å². The van der Waals surface area contributed by atoms with E-state index in [2.05, 4.69) is 29.6 Å². The van der Waals surface area contributed by atoms with Gasteiger partial charge in [0.05, 0.1) is 0 Å². The maximum absolute atomic E-state index is 12.4. The molecule has 1 N–H and O–H groups in total. The first-order valence-electron chi connectivity index (χ1n) is 8.24. The summed E-state index contributed by atoms with van der Waals surface area (Å²) in [6.07, 6.45) is 6.67. The number of benzene rings is 1. The Morgan fingerprint density at radius 2 is 1.82 bits per heavy atom. The topological polar surface area (TPSA) is 32.3 Å². The first-order chi connectivity index (χ1) is 10.2. The van der Waals surface area contributed by atoms with Gasteiger partial charge in [-0.3, -0.25) is 4.79 Å². The van der Waals surface area contributed by atoms with Gasteiger partial charge in [0.2, 0.25) is 5.91 Å². The minimum atomic E-state index is 0. The average Bonchev–Trinajstić information content (AvgIpc) is 2.84. The zero-order valence-corrected chi connectivity index (χ0v) is 14.1. The summed E-state index contributed by atoms with van der Waals surface area (Å²) in [5, 5.41) is 3.64. The van der Waals surface area contributed by atoms with Crippen molar-refractivity contribution in [1.82, 2.24) is 10.2 Å². The first kappa shape index (κ1) is 17.3. The lowest BCUT2D eigenvalue weighted by Gasteiger charge is -2.30. The van der Waals surface area contributed by atoms with Gasteiger partial charge in [0.15, 0.2) is 0 Å². The van der Waals surface area contributed by atoms with E-state index >= 15 is 0 Å². The Hall–Kier alpha value is -1.06. The van der Waals surface area contributed by atoms with Crippen LogP contribution in [-0.4, -0.2) is 36.5 Å². The molecule has 0 aliphatic carbocycles. The van der Waals surface area contributed by atoms with Crippen LogP contribution in [0.2, 0.25) is 0 Å². The summed E-state index contributed by atoms with van der Waals surface area (Å²) >= 11 is 0. The van der Waals surface area contributed by atoms with Gasteiger partial charge in [-0.05, 0) is 43.6 Å². The van der Waals surface area contributed by atoms with Crippen molar-refractivity contribution in [3.05, 3.63) is 35.9 Å². The molecule has 0 saturated carbocycles. The van der Waals surface area contributed by atoms with Gasteiger partial charge >= 0.3 is 0 Å². The van der Waals surface area contributed by atoms with Crippen LogP contribution in [0.1, 0.15) is 37.7 Å². The van der Waals surface area contributed by atoms with Gasteiger partial charge in [0.25, 0.3) is 0 Å². The van der Waals surface area contributed by atoms with Gasteiger partial charge in [-0.15, -0.1) is 12.4 Å². The van der Waals surface area contributed by atoms with Gasteiger partial charge in [-0.2, -0.15) is 0 Å². The first-order valence-corrected chi connectivity index (χ1v) is 8.24. The molecule has 0 spiro atoms. The zero-order chi connectivity index (χ0) is 14.7. The summed E-state index contributed by atoms with van der Waals surface area (Å²) in [4.78, 5) is 14.3. The standard InChI is InChI=1S/C18H26N2O.ClH/c1-20(10-9-14-5-3-2-4-6-14)18(21)13-15-11-16-7-8-17(12-15)19-16;/h2-6,15-17,19H,7-13H2,1H3;1H. The molecule has 2 saturated heterocycles. The Balaban J connectivity index is 0.00000176. The highest BCUT2D eigenvalue weighted by Crippen LogP contribution is 2.32. The number of hydrogen-bond acceptors (Lipinski definition) is 2. The third kappa shape index (κ3) is 4.47. The molecular formula is C18H27ClN2O. The summed E-state index contributed by atoms with van der Waals surface area (Å²) in [7, 11) is 1.95. The molecule has 1 aromatic rings. The molecule has 3 nitrogen and oxygen atoms in total. The fraction of sp³-hybridized carbons (Fsp3) is 0.611. The van der Waals surface area contributed by atoms with Crippen LogP contribution in [0.5, 0.6) is 0 Å². The van der Waals surface area contributed by atoms with Crippen molar-refractivity contribution in [3.63, 3.8) is 0 Å². The Bertz CT molecular complexity index is 467. The van der Waals surface area contributed by atoms with Crippen LogP contribution in [0.15, 0.2) is 30.3 Å². The Labute approximate surface area is 139 Å². The Morgan fingerprint density at radius 3 is 2.45 bits per heavy atom. The maximum atomic E-state index is 12.4. The number of fused-ring (bicyclic) bond motifs is 2. The Kier molecular flexibility index (Phi) is 6.27. The lowest BCUT2D eigenvalue weighted by atomic mass is 9.89. The second-order valence-corrected chi connectivity index (χ2v) is 6.73. The van der Waals surface area contributed by atoms with Crippen molar-refractivity contribution in [3.8, 4) is 0 Å². The number of amides is 1. The van der Waals surface area contributed by atoms with Gasteiger partial charge in [-0.1, -0.05) is 30.3 Å². The molecule has 1 amide bonds. The minimum Gasteiger partial charge on any atom is -0.345 e. The van der Waals surface area contributed by atoms with E-state index < -0.39 is 0 Å². The fourth-order valence-corrected chi connectivity index (χ4v) is 3.81. The number of carbonyl (C=O) groups is 1. The van der Waals surface area contributed by atoms with E-state index in [1.54, 1.807) is 0 Å². The predicted molar refractivity (Wildman–Crippen MR) is 92.3 cm³/mol. The van der Waals surface area contributed by atoms with Crippen molar-refractivity contribution in [2.75, 3.05) is 13.6 Å². The summed E-state index contributed by atoms with van der Waals surface area (Å²) in [6, 6.07) is 11.8. The molecule has 0 radical (unpaired) electrons. The molecule has 2 aliphatic heterocycles.